The second-order valence-corrected chi connectivity index (χ2v) is 11.3. The van der Waals surface area contributed by atoms with Gasteiger partial charge in [-0.05, 0) is 102 Å². The number of nitrogens with zero attached hydrogens (tertiary/aromatic N) is 4. The van der Waals surface area contributed by atoms with Gasteiger partial charge in [-0.15, -0.1) is 0 Å². The van der Waals surface area contributed by atoms with Gasteiger partial charge in [-0.25, -0.2) is 4.98 Å². The number of methoxy groups -OCH3 is 2. The highest BCUT2D eigenvalue weighted by Crippen LogP contribution is 2.33. The van der Waals surface area contributed by atoms with Crippen molar-refractivity contribution in [3.63, 3.8) is 0 Å². The van der Waals surface area contributed by atoms with Gasteiger partial charge in [0.1, 0.15) is 5.75 Å². The zero-order chi connectivity index (χ0) is 33.3. The number of pyridine rings is 2. The molecule has 0 saturated heterocycles. The molecule has 0 spiro atoms. The molecule has 0 bridgehead atoms. The lowest BCUT2D eigenvalue weighted by molar-refractivity contribution is -0.111. The summed E-state index contributed by atoms with van der Waals surface area (Å²) in [7, 11) is 3.34. The molecule has 6 rings (SSSR count). The number of hydrogen-bond donors (Lipinski definition) is 1. The van der Waals surface area contributed by atoms with Gasteiger partial charge in [0.2, 0.25) is 11.8 Å². The van der Waals surface area contributed by atoms with Crippen LogP contribution in [0, 0.1) is 11.3 Å². The Bertz CT molecular complexity index is 1950. The fraction of sp³-hybridized carbons (Fsp3) is 0.179. The van der Waals surface area contributed by atoms with Gasteiger partial charge in [0.05, 0.1) is 31.5 Å². The van der Waals surface area contributed by atoms with Crippen molar-refractivity contribution in [2.75, 3.05) is 32.6 Å². The average molecular weight is 638 g/mol. The van der Waals surface area contributed by atoms with Gasteiger partial charge in [0.15, 0.2) is 11.5 Å². The molecule has 0 radical (unpaired) electrons. The lowest BCUT2D eigenvalue weighted by Gasteiger charge is -2.29. The van der Waals surface area contributed by atoms with Crippen LogP contribution in [0.2, 0.25) is 0 Å². The molecule has 9 heteroatoms. The Kier molecular flexibility index (Phi) is 10.0. The molecule has 5 aromatic rings. The van der Waals surface area contributed by atoms with Gasteiger partial charge >= 0.3 is 0 Å². The Balaban J connectivity index is 0.975. The predicted molar refractivity (Wildman–Crippen MR) is 185 cm³/mol. The number of benzene rings is 3. The highest BCUT2D eigenvalue weighted by molar-refractivity contribution is 6.01. The molecular weight excluding hydrogens is 602 g/mol. The summed E-state index contributed by atoms with van der Waals surface area (Å²) in [5.41, 5.74) is 7.19. The Morgan fingerprint density at radius 3 is 2.48 bits per heavy atom. The molecule has 1 amide bonds. The summed E-state index contributed by atoms with van der Waals surface area (Å²) in [6.45, 7) is 2.82. The van der Waals surface area contributed by atoms with Crippen molar-refractivity contribution >= 4 is 17.7 Å². The summed E-state index contributed by atoms with van der Waals surface area (Å²) in [6.07, 6.45) is 8.37. The third-order valence-electron chi connectivity index (χ3n) is 8.20. The highest BCUT2D eigenvalue weighted by Gasteiger charge is 2.19. The number of hydrogen-bond acceptors (Lipinski definition) is 8. The minimum atomic E-state index is -0.237. The first-order valence-electron chi connectivity index (χ1n) is 15.6. The van der Waals surface area contributed by atoms with Crippen molar-refractivity contribution in [2.45, 2.75) is 19.4 Å². The normalized spacial score (nSPS) is 12.6. The number of carbonyl (C=O) groups is 1. The second-order valence-electron chi connectivity index (χ2n) is 11.3. The van der Waals surface area contributed by atoms with E-state index in [0.29, 0.717) is 17.2 Å². The third kappa shape index (κ3) is 7.86. The van der Waals surface area contributed by atoms with Crippen LogP contribution in [0.3, 0.4) is 0 Å². The fourth-order valence-corrected chi connectivity index (χ4v) is 5.63. The van der Waals surface area contributed by atoms with Gasteiger partial charge in [0.25, 0.3) is 0 Å². The summed E-state index contributed by atoms with van der Waals surface area (Å²) in [5, 5.41) is 12.5. The summed E-state index contributed by atoms with van der Waals surface area (Å²) in [6, 6.07) is 28.7. The lowest BCUT2D eigenvalue weighted by Crippen LogP contribution is -2.32. The summed E-state index contributed by atoms with van der Waals surface area (Å²) in [4.78, 5) is 23.7. The van der Waals surface area contributed by atoms with Gasteiger partial charge in [-0.2, -0.15) is 5.26 Å². The van der Waals surface area contributed by atoms with Crippen LogP contribution < -0.4 is 19.5 Å². The van der Waals surface area contributed by atoms with E-state index in [1.165, 1.54) is 22.8 Å². The largest absolute Gasteiger partial charge is 0.493 e. The van der Waals surface area contributed by atoms with Gasteiger partial charge in [-0.1, -0.05) is 18.2 Å². The van der Waals surface area contributed by atoms with Crippen molar-refractivity contribution in [1.29, 1.82) is 5.26 Å². The van der Waals surface area contributed by atoms with E-state index in [1.54, 1.807) is 50.9 Å². The first kappa shape index (κ1) is 32.0. The number of rotatable bonds is 11. The number of fused-ring (bicyclic) bond motifs is 1. The van der Waals surface area contributed by atoms with E-state index in [1.807, 2.05) is 42.5 Å². The zero-order valence-corrected chi connectivity index (χ0v) is 26.8. The Morgan fingerprint density at radius 1 is 0.958 bits per heavy atom. The topological polar surface area (TPSA) is 110 Å². The number of anilines is 1. The maximum atomic E-state index is 12.6. The van der Waals surface area contributed by atoms with E-state index in [4.69, 9.17) is 14.2 Å². The first-order valence-corrected chi connectivity index (χ1v) is 15.6. The third-order valence-corrected chi connectivity index (χ3v) is 8.20. The maximum absolute atomic E-state index is 12.6. The van der Waals surface area contributed by atoms with Crippen LogP contribution in [0.1, 0.15) is 27.8 Å². The predicted octanol–water partition coefficient (Wildman–Crippen LogP) is 7.08. The molecule has 9 nitrogen and oxygen atoms in total. The van der Waals surface area contributed by atoms with Crippen molar-refractivity contribution in [3.8, 4) is 40.5 Å². The molecule has 0 aliphatic carbocycles. The lowest BCUT2D eigenvalue weighted by atomic mass is 9.98. The molecule has 3 heterocycles. The second kappa shape index (κ2) is 15.1. The molecule has 0 atom stereocenters. The average Bonchev–Trinajstić information content (AvgIpc) is 3.13. The number of carbonyl (C=O) groups excluding carboxylic acids is 1. The Morgan fingerprint density at radius 2 is 1.77 bits per heavy atom. The van der Waals surface area contributed by atoms with Crippen LogP contribution in [-0.2, 0) is 24.2 Å². The van der Waals surface area contributed by atoms with Crippen molar-refractivity contribution in [2.24, 2.45) is 0 Å². The van der Waals surface area contributed by atoms with Crippen LogP contribution in [0.4, 0.5) is 5.69 Å². The highest BCUT2D eigenvalue weighted by atomic mass is 16.5. The molecule has 240 valence electrons. The molecule has 1 N–H and O–H groups in total. The summed E-state index contributed by atoms with van der Waals surface area (Å²) < 4.78 is 16.8. The van der Waals surface area contributed by atoms with E-state index in [0.717, 1.165) is 66.5 Å². The zero-order valence-electron chi connectivity index (χ0n) is 26.8. The van der Waals surface area contributed by atoms with Gasteiger partial charge < -0.3 is 19.5 Å². The monoisotopic (exact) mass is 637 g/mol. The van der Waals surface area contributed by atoms with Crippen LogP contribution in [-0.4, -0.2) is 48.1 Å². The Labute approximate surface area is 280 Å². The SMILES string of the molecule is COc1cc2c(cc1OC)CN(CCc1ccc(NC(=O)/C=C/c3ccc(Oc4ccc(-c5ccccn5)c(C#N)c4)nc3)cc1)CC2. The smallest absolute Gasteiger partial charge is 0.248 e. The summed E-state index contributed by atoms with van der Waals surface area (Å²) in [5.74, 6) is 2.17. The number of ether oxygens (including phenoxy) is 3. The van der Waals surface area contributed by atoms with E-state index in [9.17, 15) is 10.1 Å². The van der Waals surface area contributed by atoms with Gasteiger partial charge in [0, 0.05) is 55.4 Å². The number of nitriles is 1. The molecule has 0 saturated carbocycles. The van der Waals surface area contributed by atoms with Crippen LogP contribution in [0.5, 0.6) is 23.1 Å². The quantitative estimate of drug-likeness (QED) is 0.153. The first-order chi connectivity index (χ1) is 23.5. The molecular formula is C39H35N5O4. The fourth-order valence-electron chi connectivity index (χ4n) is 5.63. The molecule has 2 aromatic heterocycles. The molecule has 1 aliphatic rings. The van der Waals surface area contributed by atoms with E-state index < -0.39 is 0 Å². The van der Waals surface area contributed by atoms with E-state index in [2.05, 4.69) is 50.5 Å². The minimum absolute atomic E-state index is 0.237. The number of nitrogens with one attached hydrogen (secondary N) is 1. The molecule has 3 aromatic carbocycles. The summed E-state index contributed by atoms with van der Waals surface area (Å²) >= 11 is 0. The van der Waals surface area contributed by atoms with Crippen LogP contribution in [0.15, 0.2) is 103 Å². The molecule has 1 aliphatic heterocycles. The number of amides is 1. The van der Waals surface area contributed by atoms with Crippen molar-refractivity contribution < 1.29 is 19.0 Å². The van der Waals surface area contributed by atoms with Crippen LogP contribution in [0.25, 0.3) is 17.3 Å². The van der Waals surface area contributed by atoms with Crippen molar-refractivity contribution in [1.82, 2.24) is 14.9 Å². The Hall–Kier alpha value is -5.98. The van der Waals surface area contributed by atoms with E-state index in [-0.39, 0.29) is 5.91 Å². The maximum Gasteiger partial charge on any atom is 0.248 e. The standard InChI is InChI=1S/C39H35N5O4/c1-46-36-22-29-17-20-44(26-31(29)23-37(36)47-2)19-16-27-6-10-32(11-7-27)43-38(45)14-8-28-9-15-39(42-25-28)48-33-12-13-34(30(21-33)24-40)35-5-3-4-18-41-35/h3-15,18,21-23,25H,16-17,19-20,26H2,1-2H3,(H,43,45)/b14-8+. The number of aromatic nitrogens is 2. The van der Waals surface area contributed by atoms with Gasteiger partial charge in [-0.3, -0.25) is 14.7 Å². The van der Waals surface area contributed by atoms with Crippen molar-refractivity contribution in [3.05, 3.63) is 131 Å². The molecule has 0 fully saturated rings. The minimum Gasteiger partial charge on any atom is -0.493 e. The van der Waals surface area contributed by atoms with E-state index >= 15 is 0 Å². The molecule has 48 heavy (non-hydrogen) atoms. The van der Waals surface area contributed by atoms with Crippen LogP contribution >= 0.6 is 0 Å². The molecule has 0 unspecified atom stereocenters.